The maximum Gasteiger partial charge on any atom is 0.201 e. The quantitative estimate of drug-likeness (QED) is 0.116. The summed E-state index contributed by atoms with van der Waals surface area (Å²) in [5, 5.41) is 0. The predicted molar refractivity (Wildman–Crippen MR) is 154 cm³/mol. The minimum absolute atomic E-state index is 0.00590. The van der Waals surface area contributed by atoms with E-state index in [4.69, 9.17) is 14.2 Å². The molecular weight excluding hydrogens is 532 g/mol. The highest BCUT2D eigenvalue weighted by atomic mass is 19.2. The third-order valence-electron chi connectivity index (χ3n) is 7.31. The number of allylic oxidation sites excluding steroid dienone is 1. The van der Waals surface area contributed by atoms with Crippen LogP contribution in [0, 0.1) is 29.2 Å². The van der Waals surface area contributed by atoms with E-state index in [0.717, 1.165) is 19.3 Å². The van der Waals surface area contributed by atoms with Gasteiger partial charge < -0.3 is 14.2 Å². The van der Waals surface area contributed by atoms with Gasteiger partial charge in [-0.25, -0.2) is 13.2 Å². The van der Waals surface area contributed by atoms with Crippen molar-refractivity contribution >= 4 is 0 Å². The Hall–Kier alpha value is -3.16. The molecule has 3 aromatic carbocycles. The molecule has 0 atom stereocenters. The summed E-state index contributed by atoms with van der Waals surface area (Å²) in [5.74, 6) is -4.17. The van der Waals surface area contributed by atoms with Gasteiger partial charge in [-0.3, -0.25) is 0 Å². The topological polar surface area (TPSA) is 27.7 Å². The molecule has 0 N–H and O–H groups in total. The summed E-state index contributed by atoms with van der Waals surface area (Å²) in [4.78, 5) is 0. The fraction of sp³-hybridized carbons (Fsp3) is 0.412. The fourth-order valence-corrected chi connectivity index (χ4v) is 4.99. The van der Waals surface area contributed by atoms with E-state index < -0.39 is 29.6 Å². The molecule has 0 spiro atoms. The monoisotopic (exact) mass is 570 g/mol. The second kappa shape index (κ2) is 15.2. The minimum Gasteiger partial charge on any atom is -0.490 e. The zero-order valence-electron chi connectivity index (χ0n) is 23.7. The number of ether oxygens (including phenoxy) is 3. The minimum atomic E-state index is -1.04. The van der Waals surface area contributed by atoms with Gasteiger partial charge in [0.15, 0.2) is 29.5 Å². The van der Waals surface area contributed by atoms with Crippen molar-refractivity contribution in [2.75, 3.05) is 19.8 Å². The molecule has 1 saturated heterocycles. The molecule has 4 rings (SSSR count). The van der Waals surface area contributed by atoms with Crippen LogP contribution >= 0.6 is 0 Å². The molecule has 1 fully saturated rings. The lowest BCUT2D eigenvalue weighted by Crippen LogP contribution is -2.26. The van der Waals surface area contributed by atoms with Crippen molar-refractivity contribution in [1.29, 1.82) is 0 Å². The lowest BCUT2D eigenvalue weighted by Gasteiger charge is -2.28. The molecule has 0 bridgehead atoms. The highest BCUT2D eigenvalue weighted by molar-refractivity contribution is 5.71. The third kappa shape index (κ3) is 7.77. The Morgan fingerprint density at radius 2 is 1.27 bits per heavy atom. The Labute approximate surface area is 240 Å². The van der Waals surface area contributed by atoms with E-state index >= 15 is 4.39 Å². The summed E-state index contributed by atoms with van der Waals surface area (Å²) in [6.07, 6.45) is 10.6. The summed E-state index contributed by atoms with van der Waals surface area (Å²) in [7, 11) is 0. The summed E-state index contributed by atoms with van der Waals surface area (Å²) in [6.45, 7) is 5.10. The average molecular weight is 571 g/mol. The first-order chi connectivity index (χ1) is 19.9. The fourth-order valence-electron chi connectivity index (χ4n) is 4.99. The largest absolute Gasteiger partial charge is 0.490 e. The number of hydrogen-bond acceptors (Lipinski definition) is 3. The van der Waals surface area contributed by atoms with Crippen LogP contribution in [0.5, 0.6) is 5.75 Å². The van der Waals surface area contributed by atoms with Gasteiger partial charge in [0.05, 0.1) is 19.8 Å². The third-order valence-corrected chi connectivity index (χ3v) is 7.31. The molecule has 7 heteroatoms. The van der Waals surface area contributed by atoms with Gasteiger partial charge >= 0.3 is 0 Å². The Balaban J connectivity index is 1.39. The summed E-state index contributed by atoms with van der Waals surface area (Å²) in [6, 6.07) is 12.0. The maximum absolute atomic E-state index is 15.1. The highest BCUT2D eigenvalue weighted by Crippen LogP contribution is 2.35. The van der Waals surface area contributed by atoms with Gasteiger partial charge in [-0.1, -0.05) is 94.0 Å². The van der Waals surface area contributed by atoms with Crippen LogP contribution in [0.1, 0.15) is 70.6 Å². The van der Waals surface area contributed by atoms with E-state index in [1.54, 1.807) is 24.3 Å². The first kappa shape index (κ1) is 30.8. The highest BCUT2D eigenvalue weighted by Gasteiger charge is 2.27. The van der Waals surface area contributed by atoms with E-state index in [2.05, 4.69) is 6.92 Å². The summed E-state index contributed by atoms with van der Waals surface area (Å²) >= 11 is 0. The molecule has 1 heterocycles. The number of unbranched alkanes of at least 4 members (excludes halogenated alkanes) is 6. The molecule has 41 heavy (non-hydrogen) atoms. The van der Waals surface area contributed by atoms with Crippen molar-refractivity contribution in [2.45, 2.75) is 65.1 Å². The van der Waals surface area contributed by atoms with Gasteiger partial charge in [-0.2, -0.15) is 4.39 Å². The first-order valence-corrected chi connectivity index (χ1v) is 14.5. The molecule has 3 aromatic rings. The van der Waals surface area contributed by atoms with Gasteiger partial charge in [0.1, 0.15) is 0 Å². The van der Waals surface area contributed by atoms with Gasteiger partial charge in [0.25, 0.3) is 0 Å². The summed E-state index contributed by atoms with van der Waals surface area (Å²) < 4.78 is 76.4. The predicted octanol–water partition coefficient (Wildman–Crippen LogP) is 9.94. The molecule has 1 aliphatic rings. The standard InChI is InChI=1S/C34H38F4O3/c1-3-5-6-7-8-9-10-20-39-29-19-18-27(31(36)33(29)38)25-14-12-24(13-15-25)26-16-17-28(32(37)30(26)35)34-40-21-23(11-4-2)22-41-34/h4,11-19,23,34H,3,5-10,20-22H2,1-2H3/b11-4+. The lowest BCUT2D eigenvalue weighted by molar-refractivity contribution is -0.199. The molecular formula is C34H38F4O3. The Morgan fingerprint density at radius 1 is 0.707 bits per heavy atom. The van der Waals surface area contributed by atoms with Crippen LogP contribution in [-0.2, 0) is 9.47 Å². The van der Waals surface area contributed by atoms with Crippen LogP contribution in [0.2, 0.25) is 0 Å². The van der Waals surface area contributed by atoms with E-state index in [1.165, 1.54) is 49.9 Å². The molecule has 0 unspecified atom stereocenters. The maximum atomic E-state index is 15.1. The SMILES string of the molecule is C/C=C/C1COC(c2ccc(-c3ccc(-c4ccc(OCCCCCCCCC)c(F)c4F)cc3)c(F)c2F)OC1. The number of halogens is 4. The lowest BCUT2D eigenvalue weighted by atomic mass is 9.98. The van der Waals surface area contributed by atoms with E-state index in [0.29, 0.717) is 30.9 Å². The molecule has 220 valence electrons. The number of hydrogen-bond donors (Lipinski definition) is 0. The second-order valence-corrected chi connectivity index (χ2v) is 10.4. The molecule has 0 radical (unpaired) electrons. The second-order valence-electron chi connectivity index (χ2n) is 10.4. The Morgan fingerprint density at radius 3 is 1.88 bits per heavy atom. The average Bonchev–Trinajstić information content (AvgIpc) is 2.99. The Bertz CT molecular complexity index is 1300. The van der Waals surface area contributed by atoms with Crippen LogP contribution < -0.4 is 4.74 Å². The zero-order valence-corrected chi connectivity index (χ0v) is 23.7. The molecule has 3 nitrogen and oxygen atoms in total. The van der Waals surface area contributed by atoms with Crippen molar-refractivity contribution in [3.05, 3.63) is 89.5 Å². The number of benzene rings is 3. The number of rotatable bonds is 13. The van der Waals surface area contributed by atoms with Crippen LogP contribution in [-0.4, -0.2) is 19.8 Å². The van der Waals surface area contributed by atoms with Crippen molar-refractivity contribution in [1.82, 2.24) is 0 Å². The normalized spacial score (nSPS) is 17.3. The van der Waals surface area contributed by atoms with Crippen molar-refractivity contribution in [2.24, 2.45) is 5.92 Å². The van der Waals surface area contributed by atoms with Gasteiger partial charge in [-0.15, -0.1) is 0 Å². The summed E-state index contributed by atoms with van der Waals surface area (Å²) in [5.41, 5.74) is 0.892. The van der Waals surface area contributed by atoms with Crippen LogP contribution in [0.3, 0.4) is 0 Å². The molecule has 0 aliphatic carbocycles. The molecule has 1 aliphatic heterocycles. The Kier molecular flexibility index (Phi) is 11.4. The van der Waals surface area contributed by atoms with E-state index in [9.17, 15) is 13.2 Å². The van der Waals surface area contributed by atoms with Crippen molar-refractivity contribution in [3.8, 4) is 28.0 Å². The van der Waals surface area contributed by atoms with Crippen molar-refractivity contribution < 1.29 is 31.8 Å². The molecule has 0 aromatic heterocycles. The van der Waals surface area contributed by atoms with Gasteiger partial charge in [0.2, 0.25) is 5.82 Å². The van der Waals surface area contributed by atoms with Crippen LogP contribution in [0.4, 0.5) is 17.6 Å². The van der Waals surface area contributed by atoms with E-state index in [-0.39, 0.29) is 28.4 Å². The van der Waals surface area contributed by atoms with Crippen molar-refractivity contribution in [3.63, 3.8) is 0 Å². The van der Waals surface area contributed by atoms with Gasteiger partial charge in [-0.05, 0) is 36.6 Å². The smallest absolute Gasteiger partial charge is 0.201 e. The first-order valence-electron chi connectivity index (χ1n) is 14.5. The van der Waals surface area contributed by atoms with E-state index in [1.807, 2.05) is 19.1 Å². The van der Waals surface area contributed by atoms with Crippen LogP contribution in [0.25, 0.3) is 22.3 Å². The van der Waals surface area contributed by atoms with Crippen LogP contribution in [0.15, 0.2) is 60.7 Å². The molecule has 0 amide bonds. The zero-order chi connectivity index (χ0) is 29.2. The molecule has 0 saturated carbocycles. The van der Waals surface area contributed by atoms with Gasteiger partial charge in [0, 0.05) is 22.6 Å².